The van der Waals surface area contributed by atoms with E-state index in [-0.39, 0.29) is 17.5 Å². The van der Waals surface area contributed by atoms with Crippen molar-refractivity contribution < 1.29 is 13.2 Å². The van der Waals surface area contributed by atoms with Crippen LogP contribution in [0.1, 0.15) is 38.3 Å². The minimum absolute atomic E-state index is 0.218. The Hall–Kier alpha value is -1.07. The van der Waals surface area contributed by atoms with Gasteiger partial charge in [0.1, 0.15) is 5.75 Å². The molecule has 1 aromatic rings. The summed E-state index contributed by atoms with van der Waals surface area (Å²) in [6, 6.07) is 8.32. The van der Waals surface area contributed by atoms with Gasteiger partial charge in [0.2, 0.25) is 0 Å². The predicted molar refractivity (Wildman–Crippen MR) is 90.0 cm³/mol. The van der Waals surface area contributed by atoms with Crippen LogP contribution >= 0.6 is 0 Å². The van der Waals surface area contributed by atoms with Gasteiger partial charge in [-0.3, -0.25) is 4.90 Å². The van der Waals surface area contributed by atoms with Gasteiger partial charge in [-0.1, -0.05) is 32.0 Å². The van der Waals surface area contributed by atoms with E-state index in [4.69, 9.17) is 4.74 Å². The van der Waals surface area contributed by atoms with E-state index in [1.54, 1.807) is 14.0 Å². The maximum absolute atomic E-state index is 11.8. The number of hydrogen-bond donors (Lipinski definition) is 0. The summed E-state index contributed by atoms with van der Waals surface area (Å²) in [4.78, 5) is 2.32. The molecule has 0 bridgehead atoms. The molecule has 2 atom stereocenters. The molecule has 0 saturated carbocycles. The Morgan fingerprint density at radius 3 is 2.68 bits per heavy atom. The summed E-state index contributed by atoms with van der Waals surface area (Å²) in [5.41, 5.74) is 1.17. The summed E-state index contributed by atoms with van der Waals surface area (Å²) in [6.45, 7) is 5.50. The highest BCUT2D eigenvalue weighted by Crippen LogP contribution is 2.37. The molecule has 4 nitrogen and oxygen atoms in total. The van der Waals surface area contributed by atoms with Gasteiger partial charge in [-0.05, 0) is 24.8 Å². The molecule has 0 aliphatic carbocycles. The van der Waals surface area contributed by atoms with Crippen molar-refractivity contribution in [1.29, 1.82) is 0 Å². The molecule has 1 aliphatic heterocycles. The zero-order chi connectivity index (χ0) is 16.2. The molecule has 1 aromatic carbocycles. The molecule has 0 unspecified atom stereocenters. The predicted octanol–water partition coefficient (Wildman–Crippen LogP) is 2.90. The first-order valence-corrected chi connectivity index (χ1v) is 9.86. The highest BCUT2D eigenvalue weighted by Gasteiger charge is 2.29. The lowest BCUT2D eigenvalue weighted by Gasteiger charge is -2.39. The van der Waals surface area contributed by atoms with Crippen LogP contribution in [0.3, 0.4) is 0 Å². The van der Waals surface area contributed by atoms with E-state index in [0.717, 1.165) is 18.7 Å². The summed E-state index contributed by atoms with van der Waals surface area (Å²) in [7, 11) is -1.24. The lowest BCUT2D eigenvalue weighted by molar-refractivity contribution is 0.119. The second kappa shape index (κ2) is 7.47. The van der Waals surface area contributed by atoms with Crippen LogP contribution in [0.25, 0.3) is 0 Å². The van der Waals surface area contributed by atoms with Crippen LogP contribution in [0.5, 0.6) is 5.75 Å². The topological polar surface area (TPSA) is 46.6 Å². The zero-order valence-corrected chi connectivity index (χ0v) is 14.6. The van der Waals surface area contributed by atoms with Gasteiger partial charge in [0.15, 0.2) is 9.84 Å². The van der Waals surface area contributed by atoms with Gasteiger partial charge in [0.05, 0.1) is 12.9 Å². The number of nitrogens with zero attached hydrogens (tertiary/aromatic N) is 1. The first kappa shape index (κ1) is 17.3. The molecule has 2 rings (SSSR count). The quantitative estimate of drug-likeness (QED) is 0.807. The summed E-state index contributed by atoms with van der Waals surface area (Å²) < 4.78 is 29.2. The van der Waals surface area contributed by atoms with Gasteiger partial charge < -0.3 is 4.74 Å². The van der Waals surface area contributed by atoms with Gasteiger partial charge in [-0.15, -0.1) is 0 Å². The molecule has 0 amide bonds. The number of likely N-dealkylation sites (tertiary alicyclic amines) is 1. The van der Waals surface area contributed by atoms with Crippen LogP contribution in [0, 0.1) is 5.92 Å². The fourth-order valence-electron chi connectivity index (χ4n) is 3.19. The van der Waals surface area contributed by atoms with Gasteiger partial charge in [0, 0.05) is 30.4 Å². The van der Waals surface area contributed by atoms with Crippen LogP contribution in [0.15, 0.2) is 24.3 Å². The molecular formula is C17H27NO3S. The number of para-hydroxylation sites is 1. The minimum Gasteiger partial charge on any atom is -0.496 e. The van der Waals surface area contributed by atoms with Gasteiger partial charge in [0.25, 0.3) is 0 Å². The Morgan fingerprint density at radius 2 is 2.00 bits per heavy atom. The molecule has 1 saturated heterocycles. The number of methoxy groups -OCH3 is 1. The Labute approximate surface area is 134 Å². The van der Waals surface area contributed by atoms with Crippen molar-refractivity contribution in [1.82, 2.24) is 4.90 Å². The van der Waals surface area contributed by atoms with E-state index < -0.39 is 9.84 Å². The lowest BCUT2D eigenvalue weighted by atomic mass is 9.89. The summed E-state index contributed by atoms with van der Waals surface area (Å²) in [5, 5.41) is 0. The number of benzene rings is 1. The van der Waals surface area contributed by atoms with Crippen LogP contribution in [-0.4, -0.2) is 45.0 Å². The first-order chi connectivity index (χ1) is 10.5. The van der Waals surface area contributed by atoms with E-state index in [1.165, 1.54) is 12.0 Å². The first-order valence-electron chi connectivity index (χ1n) is 8.04. The van der Waals surface area contributed by atoms with Crippen LogP contribution in [-0.2, 0) is 9.84 Å². The molecule has 1 fully saturated rings. The Kier molecular flexibility index (Phi) is 5.87. The molecule has 0 N–H and O–H groups in total. The highest BCUT2D eigenvalue weighted by molar-refractivity contribution is 7.91. The van der Waals surface area contributed by atoms with E-state index in [0.29, 0.717) is 12.5 Å². The standard InChI is InChI=1S/C17H27NO3S/c1-4-22(19,20)12-11-18-13-14(2)9-10-16(18)15-7-5-6-8-17(15)21-3/h5-8,14,16H,4,9-13H2,1-3H3/t14-,16-/m1/s1. The molecule has 124 valence electrons. The molecule has 1 aliphatic rings. The molecule has 22 heavy (non-hydrogen) atoms. The monoisotopic (exact) mass is 325 g/mol. The summed E-state index contributed by atoms with van der Waals surface area (Å²) in [6.07, 6.45) is 2.22. The number of ether oxygens (including phenoxy) is 1. The second-order valence-corrected chi connectivity index (χ2v) is 8.64. The molecular weight excluding hydrogens is 298 g/mol. The lowest BCUT2D eigenvalue weighted by Crippen LogP contribution is -2.40. The summed E-state index contributed by atoms with van der Waals surface area (Å²) >= 11 is 0. The number of rotatable bonds is 6. The van der Waals surface area contributed by atoms with Crippen molar-refractivity contribution in [2.24, 2.45) is 5.92 Å². The average molecular weight is 325 g/mol. The smallest absolute Gasteiger partial charge is 0.151 e. The van der Waals surface area contributed by atoms with Crippen LogP contribution in [0.4, 0.5) is 0 Å². The van der Waals surface area contributed by atoms with E-state index in [1.807, 2.05) is 18.2 Å². The average Bonchev–Trinajstić information content (AvgIpc) is 2.53. The third-order valence-electron chi connectivity index (χ3n) is 4.55. The number of sulfone groups is 1. The van der Waals surface area contributed by atoms with Crippen molar-refractivity contribution in [2.75, 3.05) is 31.7 Å². The third kappa shape index (κ3) is 4.23. The van der Waals surface area contributed by atoms with Crippen LogP contribution in [0.2, 0.25) is 0 Å². The van der Waals surface area contributed by atoms with Crippen molar-refractivity contribution in [2.45, 2.75) is 32.7 Å². The molecule has 1 heterocycles. The van der Waals surface area contributed by atoms with E-state index >= 15 is 0 Å². The van der Waals surface area contributed by atoms with Crippen molar-refractivity contribution in [3.63, 3.8) is 0 Å². The Balaban J connectivity index is 2.19. The number of hydrogen-bond acceptors (Lipinski definition) is 4. The number of piperidine rings is 1. The molecule has 0 radical (unpaired) electrons. The fraction of sp³-hybridized carbons (Fsp3) is 0.647. The molecule has 5 heteroatoms. The molecule has 0 spiro atoms. The van der Waals surface area contributed by atoms with Crippen molar-refractivity contribution in [3.8, 4) is 5.75 Å². The Morgan fingerprint density at radius 1 is 1.27 bits per heavy atom. The maximum Gasteiger partial charge on any atom is 0.151 e. The van der Waals surface area contributed by atoms with Gasteiger partial charge >= 0.3 is 0 Å². The normalized spacial score (nSPS) is 23.4. The SMILES string of the molecule is CCS(=O)(=O)CCN1C[C@H](C)CC[C@@H]1c1ccccc1OC. The largest absolute Gasteiger partial charge is 0.496 e. The zero-order valence-electron chi connectivity index (χ0n) is 13.8. The Bertz CT molecular complexity index is 585. The van der Waals surface area contributed by atoms with Crippen LogP contribution < -0.4 is 4.74 Å². The van der Waals surface area contributed by atoms with Gasteiger partial charge in [-0.2, -0.15) is 0 Å². The fourth-order valence-corrected chi connectivity index (χ4v) is 3.99. The van der Waals surface area contributed by atoms with E-state index in [2.05, 4.69) is 17.9 Å². The van der Waals surface area contributed by atoms with Crippen molar-refractivity contribution >= 4 is 9.84 Å². The molecule has 0 aromatic heterocycles. The van der Waals surface area contributed by atoms with E-state index in [9.17, 15) is 8.42 Å². The highest BCUT2D eigenvalue weighted by atomic mass is 32.2. The van der Waals surface area contributed by atoms with Gasteiger partial charge in [-0.25, -0.2) is 8.42 Å². The summed E-state index contributed by atoms with van der Waals surface area (Å²) in [5.74, 6) is 1.96. The third-order valence-corrected chi connectivity index (χ3v) is 6.23. The second-order valence-electron chi connectivity index (χ2n) is 6.17. The minimum atomic E-state index is -2.93. The maximum atomic E-state index is 11.8. The van der Waals surface area contributed by atoms with Crippen molar-refractivity contribution in [3.05, 3.63) is 29.8 Å².